The molecule has 1 saturated heterocycles. The van der Waals surface area contributed by atoms with E-state index in [0.29, 0.717) is 64.0 Å². The number of primary amides is 1. The van der Waals surface area contributed by atoms with Crippen molar-refractivity contribution >= 4 is 40.8 Å². The minimum Gasteiger partial charge on any atom is -0.494 e. The second-order valence-electron chi connectivity index (χ2n) is 8.00. The van der Waals surface area contributed by atoms with Crippen LogP contribution in [0.2, 0.25) is 10.0 Å². The molecule has 10 heteroatoms. The second-order valence-corrected chi connectivity index (χ2v) is 8.82. The summed E-state index contributed by atoms with van der Waals surface area (Å²) in [6.45, 7) is 5.62. The molecule has 0 aliphatic carbocycles. The van der Waals surface area contributed by atoms with Crippen LogP contribution in [0.1, 0.15) is 35.7 Å². The van der Waals surface area contributed by atoms with Crippen molar-refractivity contribution in [1.29, 1.82) is 0 Å². The highest BCUT2D eigenvalue weighted by atomic mass is 35.5. The lowest BCUT2D eigenvalue weighted by Crippen LogP contribution is -2.41. The molecular weight excluding hydrogens is 453 g/mol. The van der Waals surface area contributed by atoms with Crippen molar-refractivity contribution < 1.29 is 14.3 Å². The van der Waals surface area contributed by atoms with Crippen molar-refractivity contribution in [3.05, 3.63) is 40.4 Å². The van der Waals surface area contributed by atoms with Crippen molar-refractivity contribution in [3.63, 3.8) is 0 Å². The Balaban J connectivity index is 1.71. The standard InChI is InChI=1S/C22H25Cl2N5O3/c1-3-17(30)28-8-5-12(6-9-28)16-4-7-26-22-18(21(25)31)19(27-29(16)22)13-10-14(23)20(32-2)15(24)11-13/h3,10-12,16,26H,1,4-9H2,2H3,(H2,25,31). The molecule has 8 nitrogen and oxygen atoms in total. The molecule has 2 aromatic rings. The number of nitrogens with zero attached hydrogens (tertiary/aromatic N) is 3. The van der Waals surface area contributed by atoms with Crippen LogP contribution in [0.15, 0.2) is 24.8 Å². The summed E-state index contributed by atoms with van der Waals surface area (Å²) in [5.74, 6) is 0.667. The van der Waals surface area contributed by atoms with Crippen molar-refractivity contribution in [3.8, 4) is 17.0 Å². The van der Waals surface area contributed by atoms with E-state index in [1.54, 1.807) is 12.1 Å². The maximum Gasteiger partial charge on any atom is 0.254 e. The summed E-state index contributed by atoms with van der Waals surface area (Å²) in [6, 6.07) is 3.42. The van der Waals surface area contributed by atoms with Crippen LogP contribution in [0.5, 0.6) is 5.75 Å². The van der Waals surface area contributed by atoms with Crippen LogP contribution in [0.3, 0.4) is 0 Å². The van der Waals surface area contributed by atoms with Gasteiger partial charge >= 0.3 is 0 Å². The number of methoxy groups -OCH3 is 1. The zero-order valence-electron chi connectivity index (χ0n) is 17.7. The van der Waals surface area contributed by atoms with E-state index in [0.717, 1.165) is 19.3 Å². The zero-order valence-corrected chi connectivity index (χ0v) is 19.2. The Morgan fingerprint density at radius 2 is 1.91 bits per heavy atom. The summed E-state index contributed by atoms with van der Waals surface area (Å²) in [7, 11) is 1.49. The average Bonchev–Trinajstić information content (AvgIpc) is 3.18. The third-order valence-electron chi connectivity index (χ3n) is 6.25. The topological polar surface area (TPSA) is 102 Å². The monoisotopic (exact) mass is 477 g/mol. The first-order valence-corrected chi connectivity index (χ1v) is 11.2. The number of benzene rings is 1. The Morgan fingerprint density at radius 1 is 1.25 bits per heavy atom. The Bertz CT molecular complexity index is 1050. The summed E-state index contributed by atoms with van der Waals surface area (Å²) >= 11 is 12.7. The number of hydrogen-bond donors (Lipinski definition) is 2. The minimum atomic E-state index is -0.580. The first kappa shape index (κ1) is 22.5. The smallest absolute Gasteiger partial charge is 0.254 e. The lowest BCUT2D eigenvalue weighted by atomic mass is 9.87. The fourth-order valence-corrected chi connectivity index (χ4v) is 5.34. The SMILES string of the molecule is C=CC(=O)N1CCC(C2CCNc3c(C(N)=O)c(-c4cc(Cl)c(OC)c(Cl)c4)nn32)CC1. The van der Waals surface area contributed by atoms with E-state index in [1.807, 2.05) is 9.58 Å². The van der Waals surface area contributed by atoms with Gasteiger partial charge in [0.1, 0.15) is 17.1 Å². The molecule has 1 atom stereocenters. The molecule has 4 rings (SSSR count). The van der Waals surface area contributed by atoms with Gasteiger partial charge in [0.05, 0.1) is 23.2 Å². The number of halogens is 2. The van der Waals surface area contributed by atoms with Gasteiger partial charge in [0.25, 0.3) is 5.91 Å². The van der Waals surface area contributed by atoms with E-state index in [9.17, 15) is 9.59 Å². The van der Waals surface area contributed by atoms with Gasteiger partial charge in [-0.1, -0.05) is 29.8 Å². The lowest BCUT2D eigenvalue weighted by Gasteiger charge is -2.38. The summed E-state index contributed by atoms with van der Waals surface area (Å²) in [5.41, 5.74) is 7.09. The van der Waals surface area contributed by atoms with E-state index in [1.165, 1.54) is 13.2 Å². The maximum absolute atomic E-state index is 12.4. The molecule has 0 bridgehead atoms. The predicted molar refractivity (Wildman–Crippen MR) is 124 cm³/mol. The summed E-state index contributed by atoms with van der Waals surface area (Å²) in [4.78, 5) is 26.2. The van der Waals surface area contributed by atoms with Gasteiger partial charge in [0.2, 0.25) is 5.91 Å². The molecule has 0 radical (unpaired) electrons. The zero-order chi connectivity index (χ0) is 23.0. The first-order valence-electron chi connectivity index (χ1n) is 10.5. The molecule has 1 aromatic heterocycles. The Morgan fingerprint density at radius 3 is 2.47 bits per heavy atom. The van der Waals surface area contributed by atoms with E-state index >= 15 is 0 Å². The minimum absolute atomic E-state index is 0.0416. The maximum atomic E-state index is 12.4. The normalized spacial score (nSPS) is 18.6. The number of anilines is 1. The summed E-state index contributed by atoms with van der Waals surface area (Å²) in [5, 5.41) is 8.74. The van der Waals surface area contributed by atoms with Gasteiger partial charge in [0, 0.05) is 25.2 Å². The number of piperidine rings is 1. The molecule has 3 N–H and O–H groups in total. The van der Waals surface area contributed by atoms with Gasteiger partial charge in [-0.3, -0.25) is 9.59 Å². The third kappa shape index (κ3) is 3.93. The fourth-order valence-electron chi connectivity index (χ4n) is 4.70. The third-order valence-corrected chi connectivity index (χ3v) is 6.81. The van der Waals surface area contributed by atoms with E-state index in [2.05, 4.69) is 11.9 Å². The van der Waals surface area contributed by atoms with Crippen molar-refractivity contribution in [1.82, 2.24) is 14.7 Å². The highest BCUT2D eigenvalue weighted by Crippen LogP contribution is 2.42. The number of likely N-dealkylation sites (tertiary alicyclic amines) is 1. The molecular formula is C22H25Cl2N5O3. The summed E-state index contributed by atoms with van der Waals surface area (Å²) < 4.78 is 7.10. The molecule has 1 unspecified atom stereocenters. The molecule has 3 heterocycles. The van der Waals surface area contributed by atoms with Gasteiger partial charge in [-0.05, 0) is 43.4 Å². The van der Waals surface area contributed by atoms with Gasteiger partial charge in [-0.25, -0.2) is 4.68 Å². The Kier molecular flexibility index (Phi) is 6.35. The fraction of sp³-hybridized carbons (Fsp3) is 0.409. The van der Waals surface area contributed by atoms with Crippen LogP contribution < -0.4 is 15.8 Å². The van der Waals surface area contributed by atoms with Crippen molar-refractivity contribution in [2.45, 2.75) is 25.3 Å². The van der Waals surface area contributed by atoms with Gasteiger partial charge in [-0.2, -0.15) is 5.10 Å². The number of aromatic nitrogens is 2. The van der Waals surface area contributed by atoms with E-state index < -0.39 is 5.91 Å². The number of ether oxygens (including phenoxy) is 1. The number of nitrogens with two attached hydrogens (primary N) is 1. The number of carbonyl (C=O) groups excluding carboxylic acids is 2. The van der Waals surface area contributed by atoms with Crippen LogP contribution in [-0.4, -0.2) is 53.2 Å². The number of amides is 2. The van der Waals surface area contributed by atoms with Gasteiger partial charge in [0.15, 0.2) is 5.75 Å². The van der Waals surface area contributed by atoms with Crippen LogP contribution in [0.25, 0.3) is 11.3 Å². The molecule has 2 aliphatic heterocycles. The second kappa shape index (κ2) is 9.03. The molecule has 2 amide bonds. The molecule has 0 saturated carbocycles. The van der Waals surface area contributed by atoms with Gasteiger partial charge < -0.3 is 20.7 Å². The Hall–Kier alpha value is -2.71. The lowest BCUT2D eigenvalue weighted by molar-refractivity contribution is -0.127. The van der Waals surface area contributed by atoms with Crippen LogP contribution in [0.4, 0.5) is 5.82 Å². The first-order chi connectivity index (χ1) is 15.3. The van der Waals surface area contributed by atoms with Crippen LogP contribution >= 0.6 is 23.2 Å². The number of fused-ring (bicyclic) bond motifs is 1. The molecule has 32 heavy (non-hydrogen) atoms. The molecule has 1 fully saturated rings. The predicted octanol–water partition coefficient (Wildman–Crippen LogP) is 3.75. The number of carbonyl (C=O) groups is 2. The van der Waals surface area contributed by atoms with Crippen molar-refractivity contribution in [2.75, 3.05) is 32.1 Å². The van der Waals surface area contributed by atoms with Crippen LogP contribution in [-0.2, 0) is 4.79 Å². The molecule has 170 valence electrons. The van der Waals surface area contributed by atoms with E-state index in [-0.39, 0.29) is 11.9 Å². The number of nitrogens with one attached hydrogen (secondary N) is 1. The molecule has 2 aliphatic rings. The molecule has 1 aromatic carbocycles. The van der Waals surface area contributed by atoms with Crippen molar-refractivity contribution in [2.24, 2.45) is 11.7 Å². The Labute approximate surface area is 196 Å². The van der Waals surface area contributed by atoms with Crippen LogP contribution in [0, 0.1) is 5.92 Å². The number of rotatable bonds is 5. The highest BCUT2D eigenvalue weighted by molar-refractivity contribution is 6.37. The highest BCUT2D eigenvalue weighted by Gasteiger charge is 2.35. The quantitative estimate of drug-likeness (QED) is 0.638. The average molecular weight is 478 g/mol. The largest absolute Gasteiger partial charge is 0.494 e. The van der Waals surface area contributed by atoms with E-state index in [4.69, 9.17) is 38.8 Å². The molecule has 0 spiro atoms. The van der Waals surface area contributed by atoms with Gasteiger partial charge in [-0.15, -0.1) is 0 Å². The summed E-state index contributed by atoms with van der Waals surface area (Å²) in [6.07, 6.45) is 3.92. The number of hydrogen-bond acceptors (Lipinski definition) is 5.